The maximum atomic E-state index is 12.5. The first kappa shape index (κ1) is 19.9. The van der Waals surface area contributed by atoms with E-state index in [0.717, 1.165) is 5.56 Å². The first-order valence-electron chi connectivity index (χ1n) is 8.79. The highest BCUT2D eigenvalue weighted by atomic mass is 16.5. The number of aryl methyl sites for hydroxylation is 1. The van der Waals surface area contributed by atoms with Gasteiger partial charge in [0.05, 0.1) is 6.26 Å². The van der Waals surface area contributed by atoms with Gasteiger partial charge in [-0.15, -0.1) is 0 Å². The summed E-state index contributed by atoms with van der Waals surface area (Å²) in [6, 6.07) is 12.7. The van der Waals surface area contributed by atoms with Gasteiger partial charge in [-0.25, -0.2) is 4.79 Å². The zero-order valence-corrected chi connectivity index (χ0v) is 15.6. The van der Waals surface area contributed by atoms with E-state index in [1.54, 1.807) is 13.0 Å². The molecule has 0 saturated heterocycles. The third kappa shape index (κ3) is 5.80. The number of furan rings is 1. The fourth-order valence-electron chi connectivity index (χ4n) is 2.52. The number of aromatic nitrogens is 1. The molecule has 0 spiro atoms. The highest BCUT2D eigenvalue weighted by Crippen LogP contribution is 2.09. The topological polar surface area (TPSA) is 124 Å². The third-order valence-electron chi connectivity index (χ3n) is 3.86. The molecule has 1 atom stereocenters. The summed E-state index contributed by atoms with van der Waals surface area (Å²) in [6.45, 7) is 1.14. The number of nitrogens with one attached hydrogen (secondary N) is 2. The van der Waals surface area contributed by atoms with Crippen molar-refractivity contribution < 1.29 is 28.1 Å². The van der Waals surface area contributed by atoms with Crippen LogP contribution in [0, 0.1) is 6.92 Å². The highest BCUT2D eigenvalue weighted by molar-refractivity contribution is 5.95. The van der Waals surface area contributed by atoms with Crippen LogP contribution in [0.2, 0.25) is 0 Å². The fraction of sp³-hybridized carbons (Fsp3) is 0.200. The van der Waals surface area contributed by atoms with Crippen molar-refractivity contribution in [2.45, 2.75) is 19.4 Å². The molecule has 2 aromatic heterocycles. The molecule has 0 saturated carbocycles. The van der Waals surface area contributed by atoms with Gasteiger partial charge in [0.1, 0.15) is 11.8 Å². The van der Waals surface area contributed by atoms with Crippen molar-refractivity contribution in [1.29, 1.82) is 0 Å². The maximum Gasteiger partial charge on any atom is 0.329 e. The van der Waals surface area contributed by atoms with Crippen molar-refractivity contribution in [3.05, 3.63) is 71.9 Å². The normalized spacial score (nSPS) is 11.5. The van der Waals surface area contributed by atoms with Gasteiger partial charge >= 0.3 is 5.97 Å². The molecule has 0 aliphatic carbocycles. The van der Waals surface area contributed by atoms with E-state index < -0.39 is 30.4 Å². The Kier molecular flexibility index (Phi) is 6.41. The average Bonchev–Trinajstić information content (AvgIpc) is 3.38. The Hall–Kier alpha value is -3.88. The summed E-state index contributed by atoms with van der Waals surface area (Å²) < 4.78 is 15.0. The molecule has 1 aromatic carbocycles. The quantitative estimate of drug-likeness (QED) is 0.558. The number of amides is 2. The van der Waals surface area contributed by atoms with Crippen molar-refractivity contribution in [2.75, 3.05) is 11.9 Å². The van der Waals surface area contributed by atoms with Crippen LogP contribution in [0.1, 0.15) is 21.9 Å². The number of nitrogens with zero attached hydrogens (tertiary/aromatic N) is 1. The Balaban J connectivity index is 1.61. The van der Waals surface area contributed by atoms with Gasteiger partial charge in [0, 0.05) is 12.5 Å². The summed E-state index contributed by atoms with van der Waals surface area (Å²) in [5.74, 6) is -1.08. The molecule has 0 aliphatic heterocycles. The summed E-state index contributed by atoms with van der Waals surface area (Å²) >= 11 is 0. The number of carbonyl (C=O) groups excluding carboxylic acids is 3. The number of ether oxygens (including phenoxy) is 1. The largest absolute Gasteiger partial charge is 0.459 e. The Morgan fingerprint density at radius 2 is 1.93 bits per heavy atom. The Morgan fingerprint density at radius 1 is 1.14 bits per heavy atom. The summed E-state index contributed by atoms with van der Waals surface area (Å²) in [4.78, 5) is 36.8. The summed E-state index contributed by atoms with van der Waals surface area (Å²) in [5, 5.41) is 8.65. The first-order chi connectivity index (χ1) is 14.0. The number of carbonyl (C=O) groups is 3. The Morgan fingerprint density at radius 3 is 2.59 bits per heavy atom. The van der Waals surface area contributed by atoms with Crippen LogP contribution in [0.3, 0.4) is 0 Å². The third-order valence-corrected chi connectivity index (χ3v) is 3.86. The minimum atomic E-state index is -1.00. The molecule has 2 amide bonds. The van der Waals surface area contributed by atoms with E-state index in [-0.39, 0.29) is 18.0 Å². The fourth-order valence-corrected chi connectivity index (χ4v) is 2.52. The smallest absolute Gasteiger partial charge is 0.329 e. The molecule has 0 unspecified atom stereocenters. The second-order valence-corrected chi connectivity index (χ2v) is 6.17. The molecule has 3 rings (SSSR count). The monoisotopic (exact) mass is 397 g/mol. The van der Waals surface area contributed by atoms with Gasteiger partial charge < -0.3 is 24.3 Å². The molecule has 9 heteroatoms. The average molecular weight is 397 g/mol. The van der Waals surface area contributed by atoms with E-state index in [9.17, 15) is 14.4 Å². The Bertz CT molecular complexity index is 965. The van der Waals surface area contributed by atoms with Crippen molar-refractivity contribution in [3.63, 3.8) is 0 Å². The van der Waals surface area contributed by atoms with E-state index >= 15 is 0 Å². The molecule has 2 N–H and O–H groups in total. The molecule has 0 aliphatic rings. The minimum absolute atomic E-state index is 0.0648. The maximum absolute atomic E-state index is 12.5. The van der Waals surface area contributed by atoms with Gasteiger partial charge in [-0.1, -0.05) is 35.5 Å². The van der Waals surface area contributed by atoms with E-state index in [4.69, 9.17) is 13.7 Å². The summed E-state index contributed by atoms with van der Waals surface area (Å²) in [6.07, 6.45) is 1.55. The second-order valence-electron chi connectivity index (χ2n) is 6.17. The summed E-state index contributed by atoms with van der Waals surface area (Å²) in [5.41, 5.74) is 0.816. The molecule has 2 heterocycles. The lowest BCUT2D eigenvalue weighted by molar-refractivity contribution is -0.149. The lowest BCUT2D eigenvalue weighted by Crippen LogP contribution is -2.44. The van der Waals surface area contributed by atoms with Crippen molar-refractivity contribution in [1.82, 2.24) is 10.5 Å². The number of anilines is 1. The van der Waals surface area contributed by atoms with Gasteiger partial charge in [-0.2, -0.15) is 0 Å². The predicted molar refractivity (Wildman–Crippen MR) is 101 cm³/mol. The van der Waals surface area contributed by atoms with Gasteiger partial charge in [-0.3, -0.25) is 9.59 Å². The number of benzene rings is 1. The molecule has 9 nitrogen and oxygen atoms in total. The molecule has 29 heavy (non-hydrogen) atoms. The van der Waals surface area contributed by atoms with Gasteiger partial charge in [0.2, 0.25) is 0 Å². The lowest BCUT2D eigenvalue weighted by atomic mass is 10.1. The molecule has 3 aromatic rings. The van der Waals surface area contributed by atoms with Crippen LogP contribution in [0.4, 0.5) is 5.82 Å². The molecular weight excluding hydrogens is 378 g/mol. The van der Waals surface area contributed by atoms with Crippen LogP contribution in [0.25, 0.3) is 0 Å². The SMILES string of the molecule is Cc1cc(NC(=O)COC(=O)[C@@H](Cc2ccccc2)NC(=O)c2ccco2)no1. The highest BCUT2D eigenvalue weighted by Gasteiger charge is 2.25. The van der Waals surface area contributed by atoms with Crippen LogP contribution in [0.15, 0.2) is 63.7 Å². The summed E-state index contributed by atoms with van der Waals surface area (Å²) in [7, 11) is 0. The second kappa shape index (κ2) is 9.36. The predicted octanol–water partition coefficient (Wildman–Crippen LogP) is 2.10. The molecule has 0 bridgehead atoms. The van der Waals surface area contributed by atoms with E-state index in [1.807, 2.05) is 30.3 Å². The van der Waals surface area contributed by atoms with Crippen molar-refractivity contribution >= 4 is 23.6 Å². The van der Waals surface area contributed by atoms with Gasteiger partial charge in [0.15, 0.2) is 18.2 Å². The molecular formula is C20H19N3O6. The molecule has 0 fully saturated rings. The van der Waals surface area contributed by atoms with Crippen LogP contribution in [-0.2, 0) is 20.7 Å². The van der Waals surface area contributed by atoms with Crippen molar-refractivity contribution in [3.8, 4) is 0 Å². The number of hydrogen-bond donors (Lipinski definition) is 2. The van der Waals surface area contributed by atoms with Crippen molar-refractivity contribution in [2.24, 2.45) is 0 Å². The van der Waals surface area contributed by atoms with E-state index in [0.29, 0.717) is 5.76 Å². The van der Waals surface area contributed by atoms with E-state index in [2.05, 4.69) is 15.8 Å². The van der Waals surface area contributed by atoms with Gasteiger partial charge in [0.25, 0.3) is 11.8 Å². The van der Waals surface area contributed by atoms with Crippen LogP contribution < -0.4 is 10.6 Å². The standard InChI is InChI=1S/C20H19N3O6/c1-13-10-17(23-29-13)22-18(24)12-28-20(26)15(11-14-6-3-2-4-7-14)21-19(25)16-8-5-9-27-16/h2-10,15H,11-12H2,1H3,(H,21,25)(H,22,23,24)/t15-/m1/s1. The number of esters is 1. The van der Waals surface area contributed by atoms with Crippen LogP contribution >= 0.6 is 0 Å². The minimum Gasteiger partial charge on any atom is -0.459 e. The van der Waals surface area contributed by atoms with Crippen LogP contribution in [-0.4, -0.2) is 35.6 Å². The van der Waals surface area contributed by atoms with Crippen LogP contribution in [0.5, 0.6) is 0 Å². The van der Waals surface area contributed by atoms with Gasteiger partial charge in [-0.05, 0) is 24.6 Å². The zero-order chi connectivity index (χ0) is 20.6. The first-order valence-corrected chi connectivity index (χ1v) is 8.79. The molecule has 0 radical (unpaired) electrons. The number of hydrogen-bond acceptors (Lipinski definition) is 7. The number of rotatable bonds is 8. The Labute approximate surface area is 166 Å². The zero-order valence-electron chi connectivity index (χ0n) is 15.6. The lowest BCUT2D eigenvalue weighted by Gasteiger charge is -2.17. The van der Waals surface area contributed by atoms with E-state index in [1.165, 1.54) is 18.4 Å². The molecule has 150 valence electrons.